The number of amides is 1. The molecule has 4 aromatic carbocycles. The van der Waals surface area contributed by atoms with E-state index in [4.69, 9.17) is 5.11 Å². The number of fused-ring (bicyclic) bond motifs is 3. The molecule has 7 nitrogen and oxygen atoms in total. The van der Waals surface area contributed by atoms with Gasteiger partial charge in [-0.15, -0.1) is 0 Å². The molecule has 2 heterocycles. The molecule has 1 saturated heterocycles. The van der Waals surface area contributed by atoms with Crippen LogP contribution in [-0.4, -0.2) is 69.9 Å². The lowest BCUT2D eigenvalue weighted by molar-refractivity contribution is -0.136. The van der Waals surface area contributed by atoms with Crippen LogP contribution in [0.25, 0.3) is 22.3 Å². The van der Waals surface area contributed by atoms with Crippen LogP contribution in [-0.2, 0) is 17.8 Å². The maximum absolute atomic E-state index is 14.2. The highest BCUT2D eigenvalue weighted by Crippen LogP contribution is 2.50. The van der Waals surface area contributed by atoms with Crippen molar-refractivity contribution < 1.29 is 19.8 Å². The minimum Gasteiger partial charge on any atom is -0.481 e. The molecule has 2 aliphatic heterocycles. The van der Waals surface area contributed by atoms with E-state index in [1.165, 1.54) is 11.1 Å². The van der Waals surface area contributed by atoms with Gasteiger partial charge in [0.2, 0.25) is 0 Å². The van der Waals surface area contributed by atoms with E-state index in [0.29, 0.717) is 25.2 Å². The van der Waals surface area contributed by atoms with E-state index in [9.17, 15) is 14.7 Å². The number of carbonyl (C=O) groups is 2. The predicted molar refractivity (Wildman–Crippen MR) is 234 cm³/mol. The summed E-state index contributed by atoms with van der Waals surface area (Å²) in [6.45, 7) is 20.9. The fourth-order valence-electron chi connectivity index (χ4n) is 7.82. The van der Waals surface area contributed by atoms with Crippen molar-refractivity contribution in [2.45, 2.75) is 73.1 Å². The van der Waals surface area contributed by atoms with Gasteiger partial charge in [-0.3, -0.25) is 14.5 Å². The van der Waals surface area contributed by atoms with Crippen LogP contribution in [0.2, 0.25) is 0 Å². The van der Waals surface area contributed by atoms with Crippen molar-refractivity contribution in [3.8, 4) is 22.3 Å². The molecule has 1 fully saturated rings. The number of nitrogens with zero attached hydrogens (tertiary/aromatic N) is 3. The molecule has 8 heteroatoms. The van der Waals surface area contributed by atoms with Crippen molar-refractivity contribution in [1.82, 2.24) is 9.80 Å². The molecule has 1 amide bonds. The number of allylic oxidation sites excluding steroid dienone is 3. The lowest BCUT2D eigenvalue weighted by Crippen LogP contribution is -2.50. The SMILES string of the molecule is C=C/C=C(\C=C/C)C(c1ccccc1)N1CCN(C(=O)c2ccc3c(c2)-c2c(C)c(-c4ccc(C)cc4)c(CC(=O)O)c(C)c2N(SC)C3)CC1.CC(C)(C)O. The molecule has 6 rings (SSSR count). The van der Waals surface area contributed by atoms with Crippen molar-refractivity contribution >= 4 is 29.5 Å². The van der Waals surface area contributed by atoms with Gasteiger partial charge in [0.15, 0.2) is 0 Å². The fraction of sp³-hybridized carbons (Fsp3) is 0.333. The highest BCUT2D eigenvalue weighted by Gasteiger charge is 2.33. The molecular formula is C48H57N3O4S. The van der Waals surface area contributed by atoms with E-state index in [1.807, 2.05) is 37.0 Å². The summed E-state index contributed by atoms with van der Waals surface area (Å²) in [6.07, 6.45) is 10.1. The first-order valence-electron chi connectivity index (χ1n) is 19.3. The lowest BCUT2D eigenvalue weighted by Gasteiger charge is -2.40. The highest BCUT2D eigenvalue weighted by molar-refractivity contribution is 7.99. The third kappa shape index (κ3) is 9.73. The average molecular weight is 772 g/mol. The molecule has 1 unspecified atom stereocenters. The summed E-state index contributed by atoms with van der Waals surface area (Å²) in [7, 11) is 0. The van der Waals surface area contributed by atoms with Gasteiger partial charge in [-0.05, 0) is 111 Å². The maximum atomic E-state index is 14.2. The Morgan fingerprint density at radius 3 is 2.12 bits per heavy atom. The van der Waals surface area contributed by atoms with Crippen LogP contribution in [0.15, 0.2) is 109 Å². The van der Waals surface area contributed by atoms with Gasteiger partial charge in [0.05, 0.1) is 30.3 Å². The smallest absolute Gasteiger partial charge is 0.307 e. The van der Waals surface area contributed by atoms with Crippen LogP contribution in [0.5, 0.6) is 0 Å². The van der Waals surface area contributed by atoms with Gasteiger partial charge in [0, 0.05) is 43.6 Å². The van der Waals surface area contributed by atoms with Gasteiger partial charge in [-0.2, -0.15) is 0 Å². The Morgan fingerprint density at radius 2 is 1.55 bits per heavy atom. The number of carboxylic acids is 1. The number of benzene rings is 4. The summed E-state index contributed by atoms with van der Waals surface area (Å²) in [6, 6.07) is 25.1. The Balaban J connectivity index is 0.00000113. The molecule has 56 heavy (non-hydrogen) atoms. The fourth-order valence-corrected chi connectivity index (χ4v) is 8.50. The number of carbonyl (C=O) groups excluding carboxylic acids is 1. The maximum Gasteiger partial charge on any atom is 0.307 e. The number of piperazine rings is 1. The topological polar surface area (TPSA) is 84.3 Å². The first kappa shape index (κ1) is 42.3. The van der Waals surface area contributed by atoms with Crippen LogP contribution in [0, 0.1) is 20.8 Å². The van der Waals surface area contributed by atoms with E-state index in [2.05, 4.69) is 115 Å². The van der Waals surface area contributed by atoms with Crippen molar-refractivity contribution in [3.05, 3.63) is 148 Å². The normalized spacial score (nSPS) is 15.1. The molecule has 0 radical (unpaired) electrons. The number of anilines is 1. The quantitative estimate of drug-likeness (QED) is 0.123. The minimum absolute atomic E-state index is 0.0356. The van der Waals surface area contributed by atoms with Crippen molar-refractivity contribution in [2.75, 3.05) is 36.7 Å². The Labute approximate surface area is 338 Å². The molecule has 0 aliphatic carbocycles. The second-order valence-electron chi connectivity index (χ2n) is 15.6. The molecule has 0 aromatic heterocycles. The monoisotopic (exact) mass is 771 g/mol. The first-order chi connectivity index (χ1) is 26.7. The molecule has 294 valence electrons. The molecule has 0 bridgehead atoms. The number of hydrogen-bond donors (Lipinski definition) is 2. The molecule has 2 aliphatic rings. The summed E-state index contributed by atoms with van der Waals surface area (Å²) < 4.78 is 2.26. The molecule has 0 spiro atoms. The number of hydrogen-bond acceptors (Lipinski definition) is 6. The van der Waals surface area contributed by atoms with Crippen molar-refractivity contribution in [3.63, 3.8) is 0 Å². The van der Waals surface area contributed by atoms with E-state index in [0.717, 1.165) is 68.8 Å². The van der Waals surface area contributed by atoms with Gasteiger partial charge in [0.25, 0.3) is 5.91 Å². The van der Waals surface area contributed by atoms with Gasteiger partial charge >= 0.3 is 5.97 Å². The molecule has 1 atom stereocenters. The zero-order valence-electron chi connectivity index (χ0n) is 34.2. The summed E-state index contributed by atoms with van der Waals surface area (Å²) in [5, 5.41) is 18.5. The lowest BCUT2D eigenvalue weighted by atomic mass is 9.80. The second-order valence-corrected chi connectivity index (χ2v) is 16.4. The van der Waals surface area contributed by atoms with Crippen LogP contribution in [0.3, 0.4) is 0 Å². The number of aliphatic hydroxyl groups is 1. The van der Waals surface area contributed by atoms with Crippen molar-refractivity contribution in [2.24, 2.45) is 0 Å². The zero-order chi connectivity index (χ0) is 40.7. The first-order valence-corrected chi connectivity index (χ1v) is 20.5. The Bertz CT molecular complexity index is 2100. The molecule has 4 aromatic rings. The molecule has 2 N–H and O–H groups in total. The number of carboxylic acid groups (broad SMARTS) is 1. The van der Waals surface area contributed by atoms with Gasteiger partial charge in [0.1, 0.15) is 0 Å². The minimum atomic E-state index is -0.851. The third-order valence-corrected chi connectivity index (χ3v) is 11.0. The van der Waals surface area contributed by atoms with Crippen molar-refractivity contribution in [1.29, 1.82) is 0 Å². The number of aliphatic carboxylic acids is 1. The Kier molecular flexibility index (Phi) is 13.9. The summed E-state index contributed by atoms with van der Waals surface area (Å²) >= 11 is 1.64. The molecular weight excluding hydrogens is 715 g/mol. The number of rotatable bonds is 10. The Hall–Kier alpha value is -4.89. The van der Waals surface area contributed by atoms with Gasteiger partial charge in [-0.1, -0.05) is 109 Å². The number of aryl methyl sites for hydroxylation is 1. The second kappa shape index (κ2) is 18.4. The van der Waals surface area contributed by atoms with Crippen LogP contribution >= 0.6 is 11.9 Å². The van der Waals surface area contributed by atoms with E-state index >= 15 is 0 Å². The van der Waals surface area contributed by atoms with Gasteiger partial charge in [-0.25, -0.2) is 0 Å². The Morgan fingerprint density at radius 1 is 0.911 bits per heavy atom. The van der Waals surface area contributed by atoms with E-state index < -0.39 is 11.6 Å². The average Bonchev–Trinajstić information content (AvgIpc) is 3.16. The van der Waals surface area contributed by atoms with Crippen LogP contribution < -0.4 is 4.31 Å². The van der Waals surface area contributed by atoms with Crippen LogP contribution in [0.4, 0.5) is 5.69 Å². The summed E-state index contributed by atoms with van der Waals surface area (Å²) in [4.78, 5) is 30.9. The summed E-state index contributed by atoms with van der Waals surface area (Å²) in [5.41, 5.74) is 12.8. The summed E-state index contributed by atoms with van der Waals surface area (Å²) in [5.74, 6) is -0.816. The highest BCUT2D eigenvalue weighted by atomic mass is 32.2. The van der Waals surface area contributed by atoms with Gasteiger partial charge < -0.3 is 19.4 Å². The molecule has 0 saturated carbocycles. The third-order valence-electron chi connectivity index (χ3n) is 10.2. The van der Waals surface area contributed by atoms with E-state index in [-0.39, 0.29) is 18.4 Å². The zero-order valence-corrected chi connectivity index (χ0v) is 35.0. The van der Waals surface area contributed by atoms with Crippen LogP contribution in [0.1, 0.15) is 77.5 Å². The predicted octanol–water partition coefficient (Wildman–Crippen LogP) is 10.1. The van der Waals surface area contributed by atoms with E-state index in [1.54, 1.807) is 32.7 Å². The standard InChI is InChI=1S/C44H47N3O3S.C4H10O/c1-7-12-33(13-8-2)43(34-14-10-9-11-15-34)45-22-24-46(25-23-45)44(50)35-20-21-36-28-47(51-6)42-30(4)37(27-39(48)49)40(31(5)41(42)38(36)26-35)32-18-16-29(3)17-19-32;1-4(2,3)5/h7-21,26,43H,1,22-25,27-28H2,2-6H3,(H,48,49);5H,1-3H3/b13-8-,33-12+;. The largest absolute Gasteiger partial charge is 0.481 e.